The van der Waals surface area contributed by atoms with E-state index in [2.05, 4.69) is 15.4 Å². The van der Waals surface area contributed by atoms with Gasteiger partial charge in [0, 0.05) is 25.1 Å². The third kappa shape index (κ3) is 3.04. The van der Waals surface area contributed by atoms with E-state index in [-0.39, 0.29) is 5.91 Å². The Morgan fingerprint density at radius 1 is 1.29 bits per heavy atom. The average molecular weight is 287 g/mol. The van der Waals surface area contributed by atoms with Gasteiger partial charge in [-0.2, -0.15) is 5.10 Å². The van der Waals surface area contributed by atoms with Crippen LogP contribution in [0.15, 0.2) is 18.2 Å². The number of nitrogen functional groups attached to an aromatic ring is 1. The molecular weight excluding hydrogens is 266 g/mol. The molecule has 0 fully saturated rings. The molecule has 112 valence electrons. The minimum Gasteiger partial charge on any atom is -0.399 e. The lowest BCUT2D eigenvalue weighted by Gasteiger charge is -2.11. The zero-order valence-electron chi connectivity index (χ0n) is 12.7. The van der Waals surface area contributed by atoms with Crippen LogP contribution in [0.4, 0.5) is 5.69 Å². The zero-order chi connectivity index (χ0) is 15.4. The Bertz CT molecular complexity index is 648. The fourth-order valence-electron chi connectivity index (χ4n) is 2.14. The summed E-state index contributed by atoms with van der Waals surface area (Å²) in [6.07, 6.45) is 1.48. The van der Waals surface area contributed by atoms with Crippen LogP contribution in [0.1, 0.15) is 42.8 Å². The molecule has 0 saturated heterocycles. The van der Waals surface area contributed by atoms with Crippen LogP contribution in [0, 0.1) is 0 Å². The van der Waals surface area contributed by atoms with Crippen LogP contribution in [-0.2, 0) is 12.8 Å². The van der Waals surface area contributed by atoms with Crippen molar-refractivity contribution in [3.05, 3.63) is 35.4 Å². The van der Waals surface area contributed by atoms with Crippen LogP contribution >= 0.6 is 0 Å². The predicted molar refractivity (Wildman–Crippen MR) is 82.5 cm³/mol. The van der Waals surface area contributed by atoms with Crippen molar-refractivity contribution in [2.75, 3.05) is 12.3 Å². The number of hydrogen-bond acceptors (Lipinski definition) is 4. The summed E-state index contributed by atoms with van der Waals surface area (Å²) >= 11 is 0. The van der Waals surface area contributed by atoms with Gasteiger partial charge < -0.3 is 11.1 Å². The van der Waals surface area contributed by atoms with Gasteiger partial charge in [0.2, 0.25) is 0 Å². The summed E-state index contributed by atoms with van der Waals surface area (Å²) in [6, 6.07) is 5.21. The molecule has 0 spiro atoms. The standard InChI is InChI=1S/C15H21N5O/c1-4-13-18-14(5-2)20(19-13)12-9-10(16)7-8-11(12)15(21)17-6-3/h7-9H,4-6,16H2,1-3H3,(H,17,21). The third-order valence-corrected chi connectivity index (χ3v) is 3.18. The smallest absolute Gasteiger partial charge is 0.253 e. The Hall–Kier alpha value is -2.37. The molecule has 6 heteroatoms. The molecule has 0 aliphatic heterocycles. The van der Waals surface area contributed by atoms with Crippen molar-refractivity contribution in [2.24, 2.45) is 0 Å². The monoisotopic (exact) mass is 287 g/mol. The maximum Gasteiger partial charge on any atom is 0.253 e. The van der Waals surface area contributed by atoms with E-state index in [1.807, 2.05) is 20.8 Å². The topological polar surface area (TPSA) is 85.8 Å². The molecule has 0 saturated carbocycles. The molecule has 2 aromatic rings. The van der Waals surface area contributed by atoms with Gasteiger partial charge in [-0.3, -0.25) is 4.79 Å². The first-order valence-electron chi connectivity index (χ1n) is 7.23. The first-order chi connectivity index (χ1) is 10.1. The highest BCUT2D eigenvalue weighted by molar-refractivity contribution is 5.98. The van der Waals surface area contributed by atoms with Gasteiger partial charge in [-0.05, 0) is 25.1 Å². The van der Waals surface area contributed by atoms with Gasteiger partial charge in [-0.15, -0.1) is 0 Å². The molecule has 0 atom stereocenters. The number of benzene rings is 1. The zero-order valence-corrected chi connectivity index (χ0v) is 12.7. The van der Waals surface area contributed by atoms with Crippen molar-refractivity contribution in [1.29, 1.82) is 0 Å². The second-order valence-corrected chi connectivity index (χ2v) is 4.70. The van der Waals surface area contributed by atoms with Crippen LogP contribution < -0.4 is 11.1 Å². The third-order valence-electron chi connectivity index (χ3n) is 3.18. The Morgan fingerprint density at radius 2 is 2.05 bits per heavy atom. The second-order valence-electron chi connectivity index (χ2n) is 4.70. The lowest BCUT2D eigenvalue weighted by atomic mass is 10.1. The van der Waals surface area contributed by atoms with Crippen molar-refractivity contribution in [3.63, 3.8) is 0 Å². The van der Waals surface area contributed by atoms with Gasteiger partial charge in [0.25, 0.3) is 5.91 Å². The first-order valence-corrected chi connectivity index (χ1v) is 7.23. The molecule has 3 N–H and O–H groups in total. The molecule has 2 rings (SSSR count). The molecule has 21 heavy (non-hydrogen) atoms. The van der Waals surface area contributed by atoms with Crippen molar-refractivity contribution in [3.8, 4) is 5.69 Å². The van der Waals surface area contributed by atoms with Gasteiger partial charge in [0.05, 0.1) is 11.3 Å². The summed E-state index contributed by atoms with van der Waals surface area (Å²) in [5, 5.41) is 7.29. The number of nitrogens with two attached hydrogens (primary N) is 1. The molecule has 0 bridgehead atoms. The molecule has 1 aromatic carbocycles. The number of carbonyl (C=O) groups excluding carboxylic acids is 1. The van der Waals surface area contributed by atoms with E-state index >= 15 is 0 Å². The number of aromatic nitrogens is 3. The lowest BCUT2D eigenvalue weighted by molar-refractivity contribution is 0.0955. The Morgan fingerprint density at radius 3 is 2.67 bits per heavy atom. The molecule has 1 heterocycles. The molecule has 0 unspecified atom stereocenters. The van der Waals surface area contributed by atoms with E-state index in [0.717, 1.165) is 24.5 Å². The van der Waals surface area contributed by atoms with Crippen molar-refractivity contribution >= 4 is 11.6 Å². The Kier molecular flexibility index (Phi) is 4.57. The highest BCUT2D eigenvalue weighted by Gasteiger charge is 2.17. The number of nitrogens with one attached hydrogen (secondary N) is 1. The van der Waals surface area contributed by atoms with Gasteiger partial charge >= 0.3 is 0 Å². The molecule has 0 radical (unpaired) electrons. The molecule has 0 aliphatic rings. The largest absolute Gasteiger partial charge is 0.399 e. The van der Waals surface area contributed by atoms with E-state index in [1.54, 1.807) is 22.9 Å². The molecule has 1 aromatic heterocycles. The summed E-state index contributed by atoms with van der Waals surface area (Å²) in [7, 11) is 0. The van der Waals surface area contributed by atoms with E-state index in [1.165, 1.54) is 0 Å². The molecule has 6 nitrogen and oxygen atoms in total. The van der Waals surface area contributed by atoms with Crippen LogP contribution in [0.25, 0.3) is 5.69 Å². The predicted octanol–water partition coefficient (Wildman–Crippen LogP) is 1.72. The lowest BCUT2D eigenvalue weighted by Crippen LogP contribution is -2.24. The van der Waals surface area contributed by atoms with Crippen LogP contribution in [0.5, 0.6) is 0 Å². The average Bonchev–Trinajstić information content (AvgIpc) is 2.90. The minimum absolute atomic E-state index is 0.136. The maximum absolute atomic E-state index is 12.2. The summed E-state index contributed by atoms with van der Waals surface area (Å²) < 4.78 is 1.72. The SMILES string of the molecule is CCNC(=O)c1ccc(N)cc1-n1nc(CC)nc1CC. The Balaban J connectivity index is 2.59. The number of nitrogens with zero attached hydrogens (tertiary/aromatic N) is 3. The van der Waals surface area contributed by atoms with Gasteiger partial charge in [-0.1, -0.05) is 13.8 Å². The highest BCUT2D eigenvalue weighted by Crippen LogP contribution is 2.20. The summed E-state index contributed by atoms with van der Waals surface area (Å²) in [4.78, 5) is 16.7. The fourth-order valence-corrected chi connectivity index (χ4v) is 2.14. The maximum atomic E-state index is 12.2. The second kappa shape index (κ2) is 6.39. The summed E-state index contributed by atoms with van der Waals surface area (Å²) in [5.74, 6) is 1.45. The number of rotatable bonds is 5. The Labute approximate surface area is 124 Å². The van der Waals surface area contributed by atoms with Crippen molar-refractivity contribution in [2.45, 2.75) is 33.6 Å². The van der Waals surface area contributed by atoms with Crippen LogP contribution in [0.2, 0.25) is 0 Å². The van der Waals surface area contributed by atoms with Crippen molar-refractivity contribution in [1.82, 2.24) is 20.1 Å². The minimum atomic E-state index is -0.136. The van der Waals surface area contributed by atoms with E-state index in [9.17, 15) is 4.79 Å². The number of anilines is 1. The van der Waals surface area contributed by atoms with Crippen LogP contribution in [-0.4, -0.2) is 27.2 Å². The van der Waals surface area contributed by atoms with Gasteiger partial charge in [-0.25, -0.2) is 9.67 Å². The van der Waals surface area contributed by atoms with Crippen LogP contribution in [0.3, 0.4) is 0 Å². The van der Waals surface area contributed by atoms with E-state index in [0.29, 0.717) is 23.5 Å². The summed E-state index contributed by atoms with van der Waals surface area (Å²) in [6.45, 7) is 6.47. The number of amides is 1. The first kappa shape index (κ1) is 15.0. The van der Waals surface area contributed by atoms with E-state index < -0.39 is 0 Å². The van der Waals surface area contributed by atoms with Crippen molar-refractivity contribution < 1.29 is 4.79 Å². The fraction of sp³-hybridized carbons (Fsp3) is 0.400. The van der Waals surface area contributed by atoms with E-state index in [4.69, 9.17) is 5.73 Å². The number of carbonyl (C=O) groups is 1. The quantitative estimate of drug-likeness (QED) is 0.820. The van der Waals surface area contributed by atoms with Gasteiger partial charge in [0.1, 0.15) is 5.82 Å². The number of hydrogen-bond donors (Lipinski definition) is 2. The molecule has 1 amide bonds. The van der Waals surface area contributed by atoms with Gasteiger partial charge in [0.15, 0.2) is 5.82 Å². The summed E-state index contributed by atoms with van der Waals surface area (Å²) in [5.41, 5.74) is 7.69. The highest BCUT2D eigenvalue weighted by atomic mass is 16.1. The number of aryl methyl sites for hydroxylation is 2. The molecular formula is C15H21N5O. The normalized spacial score (nSPS) is 10.6. The molecule has 0 aliphatic carbocycles.